The van der Waals surface area contributed by atoms with Crippen molar-refractivity contribution in [2.75, 3.05) is 32.8 Å². The fourth-order valence-corrected chi connectivity index (χ4v) is 2.30. The number of hydrogen-bond acceptors (Lipinski definition) is 3. The van der Waals surface area contributed by atoms with Gasteiger partial charge in [-0.15, -0.1) is 0 Å². The number of nitrogens with zero attached hydrogens (tertiary/aromatic N) is 1. The summed E-state index contributed by atoms with van der Waals surface area (Å²) in [6.07, 6.45) is 3.36. The Hall–Kier alpha value is -0.120. The van der Waals surface area contributed by atoms with Crippen LogP contribution in [0, 0.1) is 11.8 Å². The van der Waals surface area contributed by atoms with E-state index in [9.17, 15) is 5.11 Å². The average molecular weight is 243 g/mol. The minimum atomic E-state index is -0.167. The molecule has 1 saturated heterocycles. The lowest BCUT2D eigenvalue weighted by Crippen LogP contribution is -2.41. The normalized spacial score (nSPS) is 24.2. The molecule has 0 aromatic rings. The summed E-state index contributed by atoms with van der Waals surface area (Å²) in [5.74, 6) is 1.18. The number of aliphatic hydroxyl groups is 1. The number of ether oxygens (including phenoxy) is 1. The Morgan fingerprint density at radius 2 is 2.06 bits per heavy atom. The van der Waals surface area contributed by atoms with Crippen LogP contribution in [0.2, 0.25) is 0 Å². The molecule has 0 aromatic carbocycles. The van der Waals surface area contributed by atoms with Crippen LogP contribution in [0.5, 0.6) is 0 Å². The molecule has 0 amide bonds. The van der Waals surface area contributed by atoms with E-state index in [0.29, 0.717) is 5.92 Å². The molecule has 3 nitrogen and oxygen atoms in total. The molecule has 0 radical (unpaired) electrons. The van der Waals surface area contributed by atoms with Gasteiger partial charge in [-0.05, 0) is 44.6 Å². The van der Waals surface area contributed by atoms with Gasteiger partial charge in [0.15, 0.2) is 0 Å². The zero-order chi connectivity index (χ0) is 12.7. The van der Waals surface area contributed by atoms with E-state index in [0.717, 1.165) is 45.2 Å². The summed E-state index contributed by atoms with van der Waals surface area (Å²) in [7, 11) is 0. The minimum Gasteiger partial charge on any atom is -0.393 e. The standard InChI is InChI=1S/C14H29NO2/c1-12(2)6-9-17-10-8-15-7-4-5-14(11-15)13(3)16/h12-14,16H,4-11H2,1-3H3. The van der Waals surface area contributed by atoms with Crippen molar-refractivity contribution in [3.05, 3.63) is 0 Å². The Kier molecular flexibility index (Phi) is 7.09. The second kappa shape index (κ2) is 8.06. The van der Waals surface area contributed by atoms with Crippen molar-refractivity contribution >= 4 is 0 Å². The maximum absolute atomic E-state index is 9.61. The van der Waals surface area contributed by atoms with E-state index in [1.165, 1.54) is 12.8 Å². The van der Waals surface area contributed by atoms with Gasteiger partial charge in [-0.25, -0.2) is 0 Å². The van der Waals surface area contributed by atoms with Crippen molar-refractivity contribution in [2.24, 2.45) is 11.8 Å². The Bertz CT molecular complexity index is 195. The molecule has 2 unspecified atom stereocenters. The number of likely N-dealkylation sites (tertiary alicyclic amines) is 1. The lowest BCUT2D eigenvalue weighted by Gasteiger charge is -2.34. The van der Waals surface area contributed by atoms with E-state index < -0.39 is 0 Å². The van der Waals surface area contributed by atoms with Gasteiger partial charge in [-0.3, -0.25) is 0 Å². The minimum absolute atomic E-state index is 0.167. The van der Waals surface area contributed by atoms with Gasteiger partial charge in [0.05, 0.1) is 12.7 Å². The molecular formula is C14H29NO2. The van der Waals surface area contributed by atoms with E-state index in [-0.39, 0.29) is 6.10 Å². The van der Waals surface area contributed by atoms with Gasteiger partial charge in [-0.2, -0.15) is 0 Å². The summed E-state index contributed by atoms with van der Waals surface area (Å²) in [5.41, 5.74) is 0. The highest BCUT2D eigenvalue weighted by Gasteiger charge is 2.22. The van der Waals surface area contributed by atoms with Crippen LogP contribution in [0.1, 0.15) is 40.0 Å². The van der Waals surface area contributed by atoms with E-state index in [2.05, 4.69) is 18.7 Å². The summed E-state index contributed by atoms with van der Waals surface area (Å²) in [4.78, 5) is 2.43. The maximum atomic E-state index is 9.61. The first-order chi connectivity index (χ1) is 8.09. The highest BCUT2D eigenvalue weighted by Crippen LogP contribution is 2.19. The van der Waals surface area contributed by atoms with Crippen molar-refractivity contribution in [1.82, 2.24) is 4.90 Å². The monoisotopic (exact) mass is 243 g/mol. The van der Waals surface area contributed by atoms with Crippen LogP contribution in [-0.4, -0.2) is 49.0 Å². The second-order valence-corrected chi connectivity index (χ2v) is 5.74. The highest BCUT2D eigenvalue weighted by atomic mass is 16.5. The van der Waals surface area contributed by atoms with Crippen LogP contribution in [0.3, 0.4) is 0 Å². The van der Waals surface area contributed by atoms with E-state index in [1.807, 2.05) is 6.92 Å². The maximum Gasteiger partial charge on any atom is 0.0593 e. The van der Waals surface area contributed by atoms with Crippen LogP contribution in [0.25, 0.3) is 0 Å². The first-order valence-corrected chi connectivity index (χ1v) is 7.07. The summed E-state index contributed by atoms with van der Waals surface area (Å²) in [6.45, 7) is 11.3. The van der Waals surface area contributed by atoms with Crippen molar-refractivity contribution in [1.29, 1.82) is 0 Å². The number of piperidine rings is 1. The third-order valence-electron chi connectivity index (χ3n) is 3.62. The zero-order valence-corrected chi connectivity index (χ0v) is 11.7. The fraction of sp³-hybridized carbons (Fsp3) is 1.00. The number of rotatable bonds is 7. The Labute approximate surface area is 106 Å². The first kappa shape index (κ1) is 14.9. The quantitative estimate of drug-likeness (QED) is 0.695. The predicted octanol–water partition coefficient (Wildman–Crippen LogP) is 2.14. The lowest BCUT2D eigenvalue weighted by atomic mass is 9.93. The average Bonchev–Trinajstić information content (AvgIpc) is 2.28. The molecule has 0 aliphatic carbocycles. The van der Waals surface area contributed by atoms with Crippen LogP contribution in [0.15, 0.2) is 0 Å². The molecular weight excluding hydrogens is 214 g/mol. The van der Waals surface area contributed by atoms with Gasteiger partial charge >= 0.3 is 0 Å². The topological polar surface area (TPSA) is 32.7 Å². The van der Waals surface area contributed by atoms with E-state index in [1.54, 1.807) is 0 Å². The molecule has 1 rings (SSSR count). The second-order valence-electron chi connectivity index (χ2n) is 5.74. The van der Waals surface area contributed by atoms with E-state index in [4.69, 9.17) is 4.74 Å². The van der Waals surface area contributed by atoms with Crippen LogP contribution in [-0.2, 0) is 4.74 Å². The third kappa shape index (κ3) is 6.39. The van der Waals surface area contributed by atoms with Gasteiger partial charge < -0.3 is 14.7 Å². The zero-order valence-electron chi connectivity index (χ0n) is 11.7. The first-order valence-electron chi connectivity index (χ1n) is 7.07. The molecule has 1 aliphatic rings. The Balaban J connectivity index is 2.06. The van der Waals surface area contributed by atoms with Gasteiger partial charge in [-0.1, -0.05) is 13.8 Å². The fourth-order valence-electron chi connectivity index (χ4n) is 2.30. The molecule has 1 heterocycles. The highest BCUT2D eigenvalue weighted by molar-refractivity contribution is 4.76. The van der Waals surface area contributed by atoms with Crippen LogP contribution < -0.4 is 0 Å². The molecule has 102 valence electrons. The molecule has 0 aromatic heterocycles. The largest absolute Gasteiger partial charge is 0.393 e. The predicted molar refractivity (Wildman–Crippen MR) is 71.1 cm³/mol. The van der Waals surface area contributed by atoms with Crippen molar-refractivity contribution in [3.8, 4) is 0 Å². The molecule has 1 fully saturated rings. The van der Waals surface area contributed by atoms with Gasteiger partial charge in [0.1, 0.15) is 0 Å². The Morgan fingerprint density at radius 1 is 1.29 bits per heavy atom. The SMILES string of the molecule is CC(C)CCOCCN1CCCC(C(C)O)C1. The molecule has 3 heteroatoms. The molecule has 1 aliphatic heterocycles. The summed E-state index contributed by atoms with van der Waals surface area (Å²) >= 11 is 0. The van der Waals surface area contributed by atoms with Gasteiger partial charge in [0.25, 0.3) is 0 Å². The van der Waals surface area contributed by atoms with Crippen LogP contribution >= 0.6 is 0 Å². The van der Waals surface area contributed by atoms with Crippen LogP contribution in [0.4, 0.5) is 0 Å². The summed E-state index contributed by atoms with van der Waals surface area (Å²) in [5, 5.41) is 9.61. The third-order valence-corrected chi connectivity index (χ3v) is 3.62. The number of aliphatic hydroxyl groups excluding tert-OH is 1. The van der Waals surface area contributed by atoms with Gasteiger partial charge in [0, 0.05) is 19.7 Å². The number of hydrogen-bond donors (Lipinski definition) is 1. The molecule has 0 saturated carbocycles. The molecule has 0 bridgehead atoms. The summed E-state index contributed by atoms with van der Waals surface area (Å²) in [6, 6.07) is 0. The summed E-state index contributed by atoms with van der Waals surface area (Å²) < 4.78 is 5.64. The smallest absolute Gasteiger partial charge is 0.0593 e. The van der Waals surface area contributed by atoms with E-state index >= 15 is 0 Å². The van der Waals surface area contributed by atoms with Crippen molar-refractivity contribution in [2.45, 2.75) is 46.1 Å². The molecule has 17 heavy (non-hydrogen) atoms. The van der Waals surface area contributed by atoms with Crippen molar-refractivity contribution in [3.63, 3.8) is 0 Å². The molecule has 2 atom stereocenters. The lowest BCUT2D eigenvalue weighted by molar-refractivity contribution is 0.0414. The molecule has 1 N–H and O–H groups in total. The van der Waals surface area contributed by atoms with Gasteiger partial charge in [0.2, 0.25) is 0 Å². The Morgan fingerprint density at radius 3 is 2.71 bits per heavy atom. The molecule has 0 spiro atoms. The van der Waals surface area contributed by atoms with Crippen molar-refractivity contribution < 1.29 is 9.84 Å².